The van der Waals surface area contributed by atoms with Gasteiger partial charge in [0.05, 0.1) is 15.4 Å². The summed E-state index contributed by atoms with van der Waals surface area (Å²) in [6, 6.07) is 3.74. The molecule has 3 nitrogen and oxygen atoms in total. The largest absolute Gasteiger partial charge is 0.446 e. The van der Waals surface area contributed by atoms with Gasteiger partial charge in [0.15, 0.2) is 0 Å². The molecule has 0 spiro atoms. The number of hydrogen-bond donors (Lipinski definition) is 0. The second-order valence-electron chi connectivity index (χ2n) is 3.18. The van der Waals surface area contributed by atoms with Crippen LogP contribution < -0.4 is 0 Å². The molecule has 0 atom stereocenters. The molecule has 0 unspecified atom stereocenters. The Hall–Kier alpha value is -0.910. The highest BCUT2D eigenvalue weighted by atomic mass is 35.7. The number of thioether (sulfide) groups is 1. The minimum Gasteiger partial charge on any atom is -0.207 e. The van der Waals surface area contributed by atoms with Crippen molar-refractivity contribution in [3.63, 3.8) is 0 Å². The topological polar surface area (TPSA) is 57.9 Å². The summed E-state index contributed by atoms with van der Waals surface area (Å²) < 4.78 is 59.5. The zero-order valence-corrected chi connectivity index (χ0v) is 11.1. The zero-order chi connectivity index (χ0) is 14.1. The van der Waals surface area contributed by atoms with Gasteiger partial charge in [-0.1, -0.05) is 6.07 Å². The molecule has 1 aromatic carbocycles. The number of halogens is 4. The summed E-state index contributed by atoms with van der Waals surface area (Å²) in [6.07, 6.45) is 0. The van der Waals surface area contributed by atoms with E-state index >= 15 is 0 Å². The van der Waals surface area contributed by atoms with Gasteiger partial charge >= 0.3 is 5.51 Å². The molecule has 0 saturated carbocycles. The van der Waals surface area contributed by atoms with Crippen molar-refractivity contribution < 1.29 is 21.6 Å². The van der Waals surface area contributed by atoms with Gasteiger partial charge in [0, 0.05) is 10.7 Å². The first-order chi connectivity index (χ1) is 8.06. The third-order valence-corrected chi connectivity index (χ3v) is 4.28. The number of nitriles is 1. The van der Waals surface area contributed by atoms with Crippen LogP contribution in [0.5, 0.6) is 0 Å². The predicted octanol–water partition coefficient (Wildman–Crippen LogP) is 3.41. The minimum absolute atomic E-state index is 0.244. The molecule has 0 amide bonds. The molecule has 0 aliphatic heterocycles. The van der Waals surface area contributed by atoms with Crippen molar-refractivity contribution in [1.82, 2.24) is 0 Å². The summed E-state index contributed by atoms with van der Waals surface area (Å²) in [7, 11) is 0.701. The molecular weight excluding hydrogens is 311 g/mol. The Morgan fingerprint density at radius 3 is 2.33 bits per heavy atom. The molecule has 9 heteroatoms. The van der Waals surface area contributed by atoms with Crippen LogP contribution in [0.4, 0.5) is 13.2 Å². The first-order valence-electron chi connectivity index (χ1n) is 4.30. The summed E-state index contributed by atoms with van der Waals surface area (Å²) in [6.45, 7) is 1.41. The Morgan fingerprint density at radius 1 is 1.39 bits per heavy atom. The molecule has 0 aliphatic rings. The van der Waals surface area contributed by atoms with E-state index in [0.29, 0.717) is 0 Å². The fraction of sp³-hybridized carbons (Fsp3) is 0.222. The highest BCUT2D eigenvalue weighted by Crippen LogP contribution is 2.43. The van der Waals surface area contributed by atoms with Gasteiger partial charge in [-0.15, -0.1) is 0 Å². The third kappa shape index (κ3) is 3.54. The number of alkyl halides is 3. The summed E-state index contributed by atoms with van der Waals surface area (Å²) in [4.78, 5) is -1.41. The molecule has 0 N–H and O–H groups in total. The van der Waals surface area contributed by atoms with Gasteiger partial charge in [-0.05, 0) is 30.3 Å². The van der Waals surface area contributed by atoms with Crippen molar-refractivity contribution in [1.29, 1.82) is 5.26 Å². The normalized spacial score (nSPS) is 12.2. The first-order valence-corrected chi connectivity index (χ1v) is 7.43. The molecule has 0 heterocycles. The SMILES string of the molecule is Cc1ccc(S(=O)(=O)Cl)c(SC(F)(F)F)c1C#N. The quantitative estimate of drug-likeness (QED) is 0.620. The van der Waals surface area contributed by atoms with Crippen LogP contribution >= 0.6 is 22.4 Å². The summed E-state index contributed by atoms with van der Waals surface area (Å²) >= 11 is -0.667. The Morgan fingerprint density at radius 2 is 1.94 bits per heavy atom. The molecule has 0 aliphatic carbocycles. The molecule has 0 aromatic heterocycles. The average molecular weight is 316 g/mol. The van der Waals surface area contributed by atoms with Crippen LogP contribution in [0.15, 0.2) is 21.9 Å². The number of rotatable bonds is 2. The average Bonchev–Trinajstić information content (AvgIpc) is 2.13. The van der Waals surface area contributed by atoms with E-state index in [1.165, 1.54) is 13.0 Å². The van der Waals surface area contributed by atoms with Gasteiger partial charge in [-0.25, -0.2) is 8.42 Å². The maximum Gasteiger partial charge on any atom is 0.446 e. The highest BCUT2D eigenvalue weighted by molar-refractivity contribution is 8.14. The van der Waals surface area contributed by atoms with Gasteiger partial charge in [-0.2, -0.15) is 18.4 Å². The van der Waals surface area contributed by atoms with Gasteiger partial charge in [0.1, 0.15) is 6.07 Å². The van der Waals surface area contributed by atoms with Crippen molar-refractivity contribution >= 4 is 31.5 Å². The predicted molar refractivity (Wildman–Crippen MR) is 60.8 cm³/mol. The maximum atomic E-state index is 12.4. The van der Waals surface area contributed by atoms with Crippen LogP contribution in [0.25, 0.3) is 0 Å². The summed E-state index contributed by atoms with van der Waals surface area (Å²) in [5.41, 5.74) is -4.82. The van der Waals surface area contributed by atoms with Crippen molar-refractivity contribution in [3.8, 4) is 6.07 Å². The van der Waals surface area contributed by atoms with Crippen LogP contribution in [-0.2, 0) is 9.05 Å². The van der Waals surface area contributed by atoms with E-state index in [1.807, 2.05) is 0 Å². The van der Waals surface area contributed by atoms with Gasteiger partial charge in [0.25, 0.3) is 9.05 Å². The van der Waals surface area contributed by atoms with Crippen molar-refractivity contribution in [2.45, 2.75) is 22.2 Å². The maximum absolute atomic E-state index is 12.4. The van der Waals surface area contributed by atoms with Gasteiger partial charge in [-0.3, -0.25) is 0 Å². The van der Waals surface area contributed by atoms with Crippen LogP contribution in [0, 0.1) is 18.3 Å². The fourth-order valence-corrected chi connectivity index (χ4v) is 3.45. The molecule has 18 heavy (non-hydrogen) atoms. The molecule has 1 rings (SSSR count). The monoisotopic (exact) mass is 315 g/mol. The zero-order valence-electron chi connectivity index (χ0n) is 8.75. The van der Waals surface area contributed by atoms with E-state index < -0.39 is 36.1 Å². The molecule has 0 fully saturated rings. The molecule has 98 valence electrons. The van der Waals surface area contributed by atoms with E-state index in [1.54, 1.807) is 6.07 Å². The number of hydrogen-bond acceptors (Lipinski definition) is 4. The number of aryl methyl sites for hydroxylation is 1. The minimum atomic E-state index is -4.71. The lowest BCUT2D eigenvalue weighted by molar-refractivity contribution is -0.0329. The lowest BCUT2D eigenvalue weighted by Gasteiger charge is -2.12. The smallest absolute Gasteiger partial charge is 0.207 e. The van der Waals surface area contributed by atoms with Gasteiger partial charge < -0.3 is 0 Å². The number of benzene rings is 1. The summed E-state index contributed by atoms with van der Waals surface area (Å²) in [5.74, 6) is 0. The Balaban J connectivity index is 3.62. The molecule has 0 bridgehead atoms. The van der Waals surface area contributed by atoms with Crippen LogP contribution in [0.3, 0.4) is 0 Å². The van der Waals surface area contributed by atoms with Crippen LogP contribution in [0.2, 0.25) is 0 Å². The Bertz CT molecular complexity index is 620. The Kier molecular flexibility index (Phi) is 4.20. The summed E-state index contributed by atoms with van der Waals surface area (Å²) in [5, 5.41) is 8.82. The lowest BCUT2D eigenvalue weighted by Crippen LogP contribution is -2.05. The lowest BCUT2D eigenvalue weighted by atomic mass is 10.1. The van der Waals surface area contributed by atoms with Crippen LogP contribution in [0.1, 0.15) is 11.1 Å². The number of nitrogens with zero attached hydrogens (tertiary/aromatic N) is 1. The second-order valence-corrected chi connectivity index (χ2v) is 6.79. The van der Waals surface area contributed by atoms with Crippen molar-refractivity contribution in [3.05, 3.63) is 23.3 Å². The first kappa shape index (κ1) is 15.1. The van der Waals surface area contributed by atoms with Crippen LogP contribution in [-0.4, -0.2) is 13.9 Å². The van der Waals surface area contributed by atoms with E-state index in [9.17, 15) is 21.6 Å². The van der Waals surface area contributed by atoms with Crippen molar-refractivity contribution in [2.24, 2.45) is 0 Å². The highest BCUT2D eigenvalue weighted by Gasteiger charge is 2.34. The van der Waals surface area contributed by atoms with Gasteiger partial charge in [0.2, 0.25) is 0 Å². The van der Waals surface area contributed by atoms with Crippen molar-refractivity contribution in [2.75, 3.05) is 0 Å². The van der Waals surface area contributed by atoms with E-state index in [-0.39, 0.29) is 11.1 Å². The molecule has 1 aromatic rings. The van der Waals surface area contributed by atoms with E-state index in [4.69, 9.17) is 15.9 Å². The second kappa shape index (κ2) is 4.99. The molecule has 0 saturated heterocycles. The molecule has 0 radical (unpaired) electrons. The fourth-order valence-electron chi connectivity index (χ4n) is 1.21. The van der Waals surface area contributed by atoms with E-state index in [2.05, 4.69) is 0 Å². The standard InChI is InChI=1S/C9H5ClF3NO2S2/c1-5-2-3-7(18(10,15)16)8(6(5)4-14)17-9(11,12)13/h2-3H,1H3. The third-order valence-electron chi connectivity index (χ3n) is 1.92. The molecular formula is C9H5ClF3NO2S2. The Labute approximate surface area is 110 Å². The van der Waals surface area contributed by atoms with E-state index in [0.717, 1.165) is 6.07 Å².